The van der Waals surface area contributed by atoms with Crippen molar-refractivity contribution in [3.63, 3.8) is 0 Å². The smallest absolute Gasteiger partial charge is 0.127 e. The maximum Gasteiger partial charge on any atom is 0.127 e. The molecule has 0 fully saturated rings. The molecule has 0 aliphatic rings. The second kappa shape index (κ2) is 8.38. The van der Waals surface area contributed by atoms with Crippen molar-refractivity contribution in [2.45, 2.75) is 46.2 Å². The lowest BCUT2D eigenvalue weighted by Crippen LogP contribution is -2.39. The highest BCUT2D eigenvalue weighted by molar-refractivity contribution is 5.21. The normalized spacial score (nSPS) is 16.1. The first-order valence-corrected chi connectivity index (χ1v) is 7.70. The fourth-order valence-electron chi connectivity index (χ4n) is 2.83. The largest absolute Gasteiger partial charge is 0.313 e. The van der Waals surface area contributed by atoms with E-state index >= 15 is 0 Å². The zero-order valence-electron chi connectivity index (χ0n) is 13.5. The van der Waals surface area contributed by atoms with Crippen LogP contribution in [-0.2, 0) is 0 Å². The minimum Gasteiger partial charge on any atom is -0.313 e. The summed E-state index contributed by atoms with van der Waals surface area (Å²) < 4.78 is 14.0. The summed E-state index contributed by atoms with van der Waals surface area (Å²) >= 11 is 0. The number of hydrogen-bond acceptors (Lipinski definition) is 2. The van der Waals surface area contributed by atoms with Crippen LogP contribution in [0.1, 0.15) is 45.7 Å². The molecule has 114 valence electrons. The van der Waals surface area contributed by atoms with Gasteiger partial charge in [0.15, 0.2) is 0 Å². The third-order valence-corrected chi connectivity index (χ3v) is 4.26. The monoisotopic (exact) mass is 280 g/mol. The molecule has 3 atom stereocenters. The topological polar surface area (TPSA) is 15.3 Å². The molecule has 20 heavy (non-hydrogen) atoms. The standard InChI is InChI=1S/C17H29FN2/c1-6-14(4)20(7-2)12-13(3)17(19-5)15-10-8-9-11-16(15)18/h8-11,13-14,17,19H,6-7,12H2,1-5H3. The maximum atomic E-state index is 14.0. The van der Waals surface area contributed by atoms with E-state index in [2.05, 4.69) is 37.9 Å². The summed E-state index contributed by atoms with van der Waals surface area (Å²) in [5.41, 5.74) is 0.766. The molecule has 0 saturated carbocycles. The van der Waals surface area contributed by atoms with Crippen LogP contribution < -0.4 is 5.32 Å². The van der Waals surface area contributed by atoms with E-state index in [1.807, 2.05) is 19.2 Å². The van der Waals surface area contributed by atoms with Crippen molar-refractivity contribution < 1.29 is 4.39 Å². The second-order valence-electron chi connectivity index (χ2n) is 5.61. The van der Waals surface area contributed by atoms with Crippen LogP contribution in [0.2, 0.25) is 0 Å². The van der Waals surface area contributed by atoms with Gasteiger partial charge in [-0.1, -0.05) is 39.0 Å². The van der Waals surface area contributed by atoms with Crippen molar-refractivity contribution in [2.24, 2.45) is 5.92 Å². The molecule has 1 aromatic rings. The number of halogens is 1. The summed E-state index contributed by atoms with van der Waals surface area (Å²) in [4.78, 5) is 2.47. The Morgan fingerprint density at radius 3 is 2.35 bits per heavy atom. The summed E-state index contributed by atoms with van der Waals surface area (Å²) in [5.74, 6) is 0.233. The Hall–Kier alpha value is -0.930. The molecule has 1 rings (SSSR count). The van der Waals surface area contributed by atoms with Gasteiger partial charge in [0, 0.05) is 24.2 Å². The third-order valence-electron chi connectivity index (χ3n) is 4.26. The Morgan fingerprint density at radius 1 is 1.20 bits per heavy atom. The van der Waals surface area contributed by atoms with E-state index in [0.29, 0.717) is 12.0 Å². The van der Waals surface area contributed by atoms with Gasteiger partial charge in [-0.15, -0.1) is 0 Å². The molecule has 0 bridgehead atoms. The molecule has 0 aliphatic heterocycles. The summed E-state index contributed by atoms with van der Waals surface area (Å²) in [6, 6.07) is 7.69. The predicted molar refractivity (Wildman–Crippen MR) is 84.4 cm³/mol. The van der Waals surface area contributed by atoms with E-state index in [-0.39, 0.29) is 11.9 Å². The van der Waals surface area contributed by atoms with Gasteiger partial charge >= 0.3 is 0 Å². The molecule has 0 spiro atoms. The molecule has 0 aromatic heterocycles. The average molecular weight is 280 g/mol. The molecule has 3 heteroatoms. The second-order valence-corrected chi connectivity index (χ2v) is 5.61. The lowest BCUT2D eigenvalue weighted by Gasteiger charge is -2.33. The summed E-state index contributed by atoms with van der Waals surface area (Å²) in [7, 11) is 1.91. The molecular formula is C17H29FN2. The Bertz CT molecular complexity index is 394. The van der Waals surface area contributed by atoms with Gasteiger partial charge in [0.2, 0.25) is 0 Å². The summed E-state index contributed by atoms with van der Waals surface area (Å²) in [6.07, 6.45) is 1.14. The average Bonchev–Trinajstić information content (AvgIpc) is 2.46. The van der Waals surface area contributed by atoms with Crippen molar-refractivity contribution in [1.29, 1.82) is 0 Å². The highest BCUT2D eigenvalue weighted by Gasteiger charge is 2.23. The molecule has 0 amide bonds. The van der Waals surface area contributed by atoms with Gasteiger partial charge in [0.05, 0.1) is 0 Å². The number of rotatable bonds is 8. The molecule has 1 N–H and O–H groups in total. The van der Waals surface area contributed by atoms with Crippen molar-refractivity contribution >= 4 is 0 Å². The third kappa shape index (κ3) is 4.29. The molecule has 3 unspecified atom stereocenters. The van der Waals surface area contributed by atoms with Crippen molar-refractivity contribution in [2.75, 3.05) is 20.1 Å². The summed E-state index contributed by atoms with van der Waals surface area (Å²) in [5, 5.41) is 3.28. The van der Waals surface area contributed by atoms with Crippen LogP contribution in [0.4, 0.5) is 4.39 Å². The quantitative estimate of drug-likeness (QED) is 0.778. The number of nitrogens with zero attached hydrogens (tertiary/aromatic N) is 1. The van der Waals surface area contributed by atoms with Crippen molar-refractivity contribution in [1.82, 2.24) is 10.2 Å². The number of nitrogens with one attached hydrogen (secondary N) is 1. The van der Waals surface area contributed by atoms with Crippen molar-refractivity contribution in [3.05, 3.63) is 35.6 Å². The van der Waals surface area contributed by atoms with Gasteiger partial charge in [-0.3, -0.25) is 0 Å². The van der Waals surface area contributed by atoms with Gasteiger partial charge in [0.25, 0.3) is 0 Å². The fraction of sp³-hybridized carbons (Fsp3) is 0.647. The molecule has 0 heterocycles. The molecule has 0 radical (unpaired) electrons. The van der Waals surface area contributed by atoms with E-state index in [1.54, 1.807) is 12.1 Å². The predicted octanol–water partition coefficient (Wildman–Crippen LogP) is 3.84. The SMILES string of the molecule is CCC(C)N(CC)CC(C)C(NC)c1ccccc1F. The fourth-order valence-corrected chi connectivity index (χ4v) is 2.83. The molecule has 2 nitrogen and oxygen atoms in total. The molecule has 0 saturated heterocycles. The minimum absolute atomic E-state index is 0.0503. The lowest BCUT2D eigenvalue weighted by atomic mass is 9.93. The lowest BCUT2D eigenvalue weighted by molar-refractivity contribution is 0.169. The zero-order valence-corrected chi connectivity index (χ0v) is 13.5. The van der Waals surface area contributed by atoms with Crippen LogP contribution in [-0.4, -0.2) is 31.1 Å². The zero-order chi connectivity index (χ0) is 15.1. The Balaban J connectivity index is 2.82. The Kier molecular flexibility index (Phi) is 7.17. The first kappa shape index (κ1) is 17.1. The van der Waals surface area contributed by atoms with Gasteiger partial charge in [0.1, 0.15) is 5.82 Å². The first-order valence-electron chi connectivity index (χ1n) is 7.70. The van der Waals surface area contributed by atoms with Gasteiger partial charge < -0.3 is 10.2 Å². The van der Waals surface area contributed by atoms with Crippen LogP contribution >= 0.6 is 0 Å². The number of hydrogen-bond donors (Lipinski definition) is 1. The van der Waals surface area contributed by atoms with E-state index in [1.165, 1.54) is 0 Å². The molecule has 0 aliphatic carbocycles. The van der Waals surface area contributed by atoms with Crippen LogP contribution in [0.5, 0.6) is 0 Å². The van der Waals surface area contributed by atoms with Crippen LogP contribution in [0, 0.1) is 11.7 Å². The van der Waals surface area contributed by atoms with E-state index in [4.69, 9.17) is 0 Å². The van der Waals surface area contributed by atoms with Crippen LogP contribution in [0.15, 0.2) is 24.3 Å². The highest BCUT2D eigenvalue weighted by Crippen LogP contribution is 2.25. The number of benzene rings is 1. The van der Waals surface area contributed by atoms with Gasteiger partial charge in [-0.25, -0.2) is 4.39 Å². The first-order chi connectivity index (χ1) is 9.54. The Morgan fingerprint density at radius 2 is 1.85 bits per heavy atom. The molecule has 1 aromatic carbocycles. The van der Waals surface area contributed by atoms with Crippen LogP contribution in [0.3, 0.4) is 0 Å². The van der Waals surface area contributed by atoms with Gasteiger partial charge in [-0.2, -0.15) is 0 Å². The maximum absolute atomic E-state index is 14.0. The van der Waals surface area contributed by atoms with Crippen LogP contribution in [0.25, 0.3) is 0 Å². The van der Waals surface area contributed by atoms with E-state index in [0.717, 1.165) is 25.1 Å². The molecular weight excluding hydrogens is 251 g/mol. The van der Waals surface area contributed by atoms with Crippen molar-refractivity contribution in [3.8, 4) is 0 Å². The minimum atomic E-state index is -0.120. The highest BCUT2D eigenvalue weighted by atomic mass is 19.1. The van der Waals surface area contributed by atoms with E-state index in [9.17, 15) is 4.39 Å². The summed E-state index contributed by atoms with van der Waals surface area (Å²) in [6.45, 7) is 10.9. The Labute approximate surface area is 123 Å². The van der Waals surface area contributed by atoms with E-state index < -0.39 is 0 Å². The van der Waals surface area contributed by atoms with Gasteiger partial charge in [-0.05, 0) is 38.9 Å².